The highest BCUT2D eigenvalue weighted by Crippen LogP contribution is 2.33. The van der Waals surface area contributed by atoms with Gasteiger partial charge in [-0.2, -0.15) is 11.8 Å². The zero-order valence-corrected chi connectivity index (χ0v) is 12.8. The van der Waals surface area contributed by atoms with E-state index in [0.29, 0.717) is 17.4 Å². The van der Waals surface area contributed by atoms with Gasteiger partial charge in [-0.3, -0.25) is 0 Å². The third kappa shape index (κ3) is 4.54. The summed E-state index contributed by atoms with van der Waals surface area (Å²) in [6, 6.07) is 5.25. The third-order valence-electron chi connectivity index (χ3n) is 3.75. The van der Waals surface area contributed by atoms with Gasteiger partial charge < -0.3 is 5.73 Å². The van der Waals surface area contributed by atoms with Crippen LogP contribution in [-0.2, 0) is 5.75 Å². The number of nitrogens with two attached hydrogens (primary N) is 1. The van der Waals surface area contributed by atoms with Crippen LogP contribution in [0.5, 0.6) is 0 Å². The number of halogens is 1. The van der Waals surface area contributed by atoms with Gasteiger partial charge in [-0.25, -0.2) is 4.39 Å². The second-order valence-corrected chi connectivity index (χ2v) is 6.81. The molecule has 0 aliphatic heterocycles. The van der Waals surface area contributed by atoms with Gasteiger partial charge in [0.2, 0.25) is 0 Å². The molecular weight excluding hydrogens is 269 g/mol. The van der Waals surface area contributed by atoms with Crippen LogP contribution < -0.4 is 5.73 Å². The Morgan fingerprint density at radius 2 is 2.25 bits per heavy atom. The molecule has 0 amide bonds. The van der Waals surface area contributed by atoms with E-state index in [1.807, 2.05) is 23.9 Å². The van der Waals surface area contributed by atoms with Gasteiger partial charge in [0, 0.05) is 16.6 Å². The van der Waals surface area contributed by atoms with Crippen LogP contribution in [0.4, 0.5) is 4.39 Å². The number of benzene rings is 1. The third-order valence-corrected chi connectivity index (χ3v) is 5.13. The zero-order chi connectivity index (χ0) is 14.4. The predicted molar refractivity (Wildman–Crippen MR) is 85.0 cm³/mol. The summed E-state index contributed by atoms with van der Waals surface area (Å²) in [6.45, 7) is 2.62. The molecule has 1 aliphatic rings. The van der Waals surface area contributed by atoms with Crippen LogP contribution in [0.2, 0.25) is 0 Å². The Morgan fingerprint density at radius 3 is 2.95 bits per heavy atom. The van der Waals surface area contributed by atoms with Crippen LogP contribution in [-0.4, -0.2) is 11.8 Å². The van der Waals surface area contributed by atoms with E-state index in [1.54, 1.807) is 0 Å². The van der Waals surface area contributed by atoms with Crippen molar-refractivity contribution < 1.29 is 4.39 Å². The second-order valence-electron chi connectivity index (χ2n) is 5.52. The van der Waals surface area contributed by atoms with Gasteiger partial charge in [-0.1, -0.05) is 37.7 Å². The molecule has 0 spiro atoms. The average molecular weight is 291 g/mol. The van der Waals surface area contributed by atoms with Crippen molar-refractivity contribution in [3.63, 3.8) is 0 Å². The first-order valence-corrected chi connectivity index (χ1v) is 8.33. The van der Waals surface area contributed by atoms with Crippen LogP contribution in [0, 0.1) is 23.6 Å². The van der Waals surface area contributed by atoms with Crippen LogP contribution in [0.3, 0.4) is 0 Å². The summed E-state index contributed by atoms with van der Waals surface area (Å²) in [6.07, 6.45) is 5.21. The predicted octanol–water partition coefficient (Wildman–Crippen LogP) is 3.95. The Morgan fingerprint density at radius 1 is 1.40 bits per heavy atom. The summed E-state index contributed by atoms with van der Waals surface area (Å²) < 4.78 is 14.0. The van der Waals surface area contributed by atoms with E-state index in [9.17, 15) is 4.39 Å². The molecular formula is C17H22FNS. The van der Waals surface area contributed by atoms with E-state index in [1.165, 1.54) is 31.7 Å². The molecule has 1 aromatic carbocycles. The first-order chi connectivity index (χ1) is 9.69. The molecule has 3 heteroatoms. The van der Waals surface area contributed by atoms with E-state index in [0.717, 1.165) is 17.2 Å². The quantitative estimate of drug-likeness (QED) is 0.853. The summed E-state index contributed by atoms with van der Waals surface area (Å²) in [5.41, 5.74) is 6.80. The SMILES string of the molecule is CC1CCCC(SCc2ccc(C#CCN)cc2F)C1. The molecule has 0 aromatic heterocycles. The van der Waals surface area contributed by atoms with Gasteiger partial charge in [0.25, 0.3) is 0 Å². The summed E-state index contributed by atoms with van der Waals surface area (Å²) >= 11 is 1.90. The molecule has 108 valence electrons. The van der Waals surface area contributed by atoms with Gasteiger partial charge in [0.1, 0.15) is 5.82 Å². The Labute approximate surface area is 125 Å². The maximum atomic E-state index is 14.0. The number of hydrogen-bond acceptors (Lipinski definition) is 2. The van der Waals surface area contributed by atoms with Gasteiger partial charge in [0.05, 0.1) is 6.54 Å². The lowest BCUT2D eigenvalue weighted by Gasteiger charge is -2.26. The molecule has 20 heavy (non-hydrogen) atoms. The van der Waals surface area contributed by atoms with Crippen molar-refractivity contribution in [1.29, 1.82) is 0 Å². The standard InChI is InChI=1S/C17H22FNS/c1-13-4-2-6-16(10-13)20-12-15-8-7-14(5-3-9-19)11-17(15)18/h7-8,11,13,16H,2,4,6,9-10,12,19H2,1H3. The highest BCUT2D eigenvalue weighted by Gasteiger charge is 2.19. The Hall–Kier alpha value is -0.980. The fourth-order valence-corrected chi connectivity index (χ4v) is 4.08. The molecule has 2 unspecified atom stereocenters. The summed E-state index contributed by atoms with van der Waals surface area (Å²) in [5, 5.41) is 0.690. The van der Waals surface area contributed by atoms with Gasteiger partial charge in [-0.05, 0) is 36.5 Å². The number of rotatable bonds is 3. The summed E-state index contributed by atoms with van der Waals surface area (Å²) in [4.78, 5) is 0. The number of hydrogen-bond donors (Lipinski definition) is 1. The summed E-state index contributed by atoms with van der Waals surface area (Å²) in [5.74, 6) is 7.04. The van der Waals surface area contributed by atoms with Crippen LogP contribution in [0.1, 0.15) is 43.7 Å². The van der Waals surface area contributed by atoms with Crippen molar-refractivity contribution in [1.82, 2.24) is 0 Å². The Kier molecular flexibility index (Phi) is 5.94. The van der Waals surface area contributed by atoms with E-state index in [4.69, 9.17) is 5.73 Å². The van der Waals surface area contributed by atoms with E-state index in [-0.39, 0.29) is 5.82 Å². The molecule has 1 aromatic rings. The fraction of sp³-hybridized carbons (Fsp3) is 0.529. The molecule has 1 aliphatic carbocycles. The second kappa shape index (κ2) is 7.71. The molecule has 2 rings (SSSR count). The van der Waals surface area contributed by atoms with E-state index in [2.05, 4.69) is 18.8 Å². The van der Waals surface area contributed by atoms with Crippen molar-refractivity contribution in [2.75, 3.05) is 6.54 Å². The monoisotopic (exact) mass is 291 g/mol. The molecule has 0 heterocycles. The molecule has 1 saturated carbocycles. The topological polar surface area (TPSA) is 26.0 Å². The van der Waals surface area contributed by atoms with Crippen molar-refractivity contribution in [2.24, 2.45) is 11.7 Å². The highest BCUT2D eigenvalue weighted by molar-refractivity contribution is 7.99. The maximum Gasteiger partial charge on any atom is 0.128 e. The summed E-state index contributed by atoms with van der Waals surface area (Å²) in [7, 11) is 0. The van der Waals surface area contributed by atoms with E-state index >= 15 is 0 Å². The average Bonchev–Trinajstić information content (AvgIpc) is 2.44. The highest BCUT2D eigenvalue weighted by atomic mass is 32.2. The smallest absolute Gasteiger partial charge is 0.128 e. The molecule has 0 bridgehead atoms. The van der Waals surface area contributed by atoms with Gasteiger partial charge >= 0.3 is 0 Å². The normalized spacial score (nSPS) is 22.1. The largest absolute Gasteiger partial charge is 0.320 e. The molecule has 2 atom stereocenters. The molecule has 2 N–H and O–H groups in total. The van der Waals surface area contributed by atoms with Crippen molar-refractivity contribution in [2.45, 2.75) is 43.6 Å². The lowest BCUT2D eigenvalue weighted by molar-refractivity contribution is 0.394. The van der Waals surface area contributed by atoms with E-state index < -0.39 is 0 Å². The van der Waals surface area contributed by atoms with Crippen LogP contribution in [0.15, 0.2) is 18.2 Å². The molecule has 1 nitrogen and oxygen atoms in total. The Bertz CT molecular complexity index is 503. The number of thioether (sulfide) groups is 1. The maximum absolute atomic E-state index is 14.0. The van der Waals surface area contributed by atoms with Crippen LogP contribution >= 0.6 is 11.8 Å². The van der Waals surface area contributed by atoms with Crippen molar-refractivity contribution >= 4 is 11.8 Å². The first kappa shape index (κ1) is 15.4. The van der Waals surface area contributed by atoms with Crippen molar-refractivity contribution in [3.05, 3.63) is 35.1 Å². The van der Waals surface area contributed by atoms with Crippen molar-refractivity contribution in [3.8, 4) is 11.8 Å². The van der Waals surface area contributed by atoms with Gasteiger partial charge in [0.15, 0.2) is 0 Å². The lowest BCUT2D eigenvalue weighted by atomic mass is 9.91. The molecule has 0 saturated heterocycles. The van der Waals surface area contributed by atoms with Crippen LogP contribution in [0.25, 0.3) is 0 Å². The lowest BCUT2D eigenvalue weighted by Crippen LogP contribution is -2.15. The molecule has 0 radical (unpaired) electrons. The molecule has 1 fully saturated rings. The fourth-order valence-electron chi connectivity index (χ4n) is 2.63. The first-order valence-electron chi connectivity index (χ1n) is 7.28. The minimum Gasteiger partial charge on any atom is -0.320 e. The minimum absolute atomic E-state index is 0.148. The van der Waals surface area contributed by atoms with Gasteiger partial charge in [-0.15, -0.1) is 0 Å². The minimum atomic E-state index is -0.148. The zero-order valence-electron chi connectivity index (χ0n) is 12.0. The Balaban J connectivity index is 1.92.